The van der Waals surface area contributed by atoms with Crippen LogP contribution in [0.25, 0.3) is 0 Å². The van der Waals surface area contributed by atoms with Gasteiger partial charge in [-0.3, -0.25) is 0 Å². The average molecular weight is 236 g/mol. The van der Waals surface area contributed by atoms with Gasteiger partial charge in [-0.2, -0.15) is 0 Å². The molecule has 1 rings (SSSR count). The van der Waals surface area contributed by atoms with Crippen molar-refractivity contribution in [3.63, 3.8) is 0 Å². The lowest BCUT2D eigenvalue weighted by molar-refractivity contribution is 0.469. The maximum absolute atomic E-state index is 9.95. The molecule has 1 aromatic rings. The van der Waals surface area contributed by atoms with E-state index in [1.807, 2.05) is 0 Å². The first-order valence-electron chi connectivity index (χ1n) is 9.51. The van der Waals surface area contributed by atoms with E-state index < -0.39 is 25.5 Å². The topological polar surface area (TPSA) is 20.2 Å². The van der Waals surface area contributed by atoms with E-state index in [0.717, 1.165) is 6.07 Å². The summed E-state index contributed by atoms with van der Waals surface area (Å²) in [5.41, 5.74) is -0.575. The van der Waals surface area contributed by atoms with E-state index in [1.54, 1.807) is 0 Å². The number of phenols is 1. The molecule has 0 radical (unpaired) electrons. The zero-order chi connectivity index (χ0) is 19.1. The Morgan fingerprint density at radius 2 is 1.75 bits per heavy atom. The van der Waals surface area contributed by atoms with Gasteiger partial charge >= 0.3 is 0 Å². The number of rotatable bonds is 6. The van der Waals surface area contributed by atoms with Crippen LogP contribution in [0.4, 0.5) is 0 Å². The van der Waals surface area contributed by atoms with Crippen LogP contribution < -0.4 is 0 Å². The van der Waals surface area contributed by atoms with Gasteiger partial charge in [0, 0.05) is 11.0 Å². The molecule has 0 fully saturated rings. The van der Waals surface area contributed by atoms with Crippen LogP contribution in [0.1, 0.15) is 67.1 Å². The van der Waals surface area contributed by atoms with Crippen molar-refractivity contribution in [3.8, 4) is 5.75 Å². The largest absolute Gasteiger partial charge is 0.508 e. The van der Waals surface area contributed by atoms with Gasteiger partial charge in [0.2, 0.25) is 0 Å². The fourth-order valence-corrected chi connectivity index (χ4v) is 1.33. The third-order valence-electron chi connectivity index (χ3n) is 2.23. The average Bonchev–Trinajstić information content (AvgIpc) is 2.48. The van der Waals surface area contributed by atoms with Crippen molar-refractivity contribution in [2.75, 3.05) is 0 Å². The predicted molar refractivity (Wildman–Crippen MR) is 70.1 cm³/mol. The molecule has 0 heterocycles. The number of aromatic hydroxyl groups is 1. The Labute approximate surface area is 111 Å². The molecule has 1 nitrogen and oxygen atoms in total. The SMILES string of the molecule is [3H]C([3H])(CC)C([3H])([3H])c1ccc(O)c(C)c1C([3H])([3H])C([3H])([3H])CC. The number of aryl methyl sites for hydroxylation is 1. The first-order chi connectivity index (χ1) is 10.7. The summed E-state index contributed by atoms with van der Waals surface area (Å²) in [5.74, 6) is -0.280. The Morgan fingerprint density at radius 3 is 2.38 bits per heavy atom. The van der Waals surface area contributed by atoms with Crippen molar-refractivity contribution in [1.29, 1.82) is 0 Å². The van der Waals surface area contributed by atoms with Crippen LogP contribution in [0.3, 0.4) is 0 Å². The summed E-state index contributed by atoms with van der Waals surface area (Å²) in [4.78, 5) is 0. The van der Waals surface area contributed by atoms with Crippen LogP contribution in [-0.2, 0) is 12.7 Å². The molecule has 0 saturated carbocycles. The molecule has 0 aliphatic carbocycles. The highest BCUT2D eigenvalue weighted by Crippen LogP contribution is 2.26. The summed E-state index contributed by atoms with van der Waals surface area (Å²) >= 11 is 0. The van der Waals surface area contributed by atoms with Gasteiger partial charge in [-0.1, -0.05) is 32.8 Å². The Kier molecular flexibility index (Phi) is 2.29. The van der Waals surface area contributed by atoms with Gasteiger partial charge in [-0.15, -0.1) is 0 Å². The number of benzene rings is 1. The van der Waals surface area contributed by atoms with Gasteiger partial charge in [0.1, 0.15) is 5.75 Å². The van der Waals surface area contributed by atoms with Gasteiger partial charge in [-0.25, -0.2) is 0 Å². The first-order valence-corrected chi connectivity index (χ1v) is 5.51. The predicted octanol–water partition coefficient (Wildman–Crippen LogP) is 4.39. The minimum atomic E-state index is -2.60. The van der Waals surface area contributed by atoms with Crippen molar-refractivity contribution < 1.29 is 16.1 Å². The lowest BCUT2D eigenvalue weighted by Gasteiger charge is -2.13. The minimum Gasteiger partial charge on any atom is -0.508 e. The summed E-state index contributed by atoms with van der Waals surface area (Å²) in [5, 5.41) is 9.95. The third-order valence-corrected chi connectivity index (χ3v) is 2.23. The summed E-state index contributed by atoms with van der Waals surface area (Å²) in [6.45, 7) is 4.36. The second-order valence-corrected chi connectivity index (χ2v) is 3.44. The van der Waals surface area contributed by atoms with E-state index in [1.165, 1.54) is 26.8 Å². The number of hydrogen-bond donors (Lipinski definition) is 1. The molecule has 0 bridgehead atoms. The van der Waals surface area contributed by atoms with Gasteiger partial charge in [0.15, 0.2) is 0 Å². The van der Waals surface area contributed by atoms with Gasteiger partial charge in [0.25, 0.3) is 0 Å². The first kappa shape index (κ1) is 5.57. The fraction of sp³-hybridized carbons (Fsp3) is 0.600. The standard InChI is InChI=1S/C15H24O/c1-4-6-8-13-10-11-15(16)12(3)14(13)9-7-5-2/h10-11,16H,4-9H2,1-3H3/i6T2,7T2,8T2,9T2. The highest BCUT2D eigenvalue weighted by atomic mass is 16.3. The molecule has 90 valence electrons. The molecular weight excluding hydrogens is 196 g/mol. The summed E-state index contributed by atoms with van der Waals surface area (Å²) in [6, 6.07) is 2.34. The summed E-state index contributed by atoms with van der Waals surface area (Å²) in [6.07, 6.45) is -10.0. The molecule has 1 heteroatoms. The van der Waals surface area contributed by atoms with E-state index in [-0.39, 0.29) is 35.3 Å². The van der Waals surface area contributed by atoms with Crippen LogP contribution in [0.15, 0.2) is 12.1 Å². The van der Waals surface area contributed by atoms with Gasteiger partial charge in [0.05, 0.1) is 0 Å². The second kappa shape index (κ2) is 6.57. The van der Waals surface area contributed by atoms with E-state index in [4.69, 9.17) is 11.0 Å². The van der Waals surface area contributed by atoms with Crippen LogP contribution in [0.2, 0.25) is 0 Å². The molecule has 0 atom stereocenters. The number of hydrogen-bond acceptors (Lipinski definition) is 1. The molecule has 0 aliphatic heterocycles. The van der Waals surface area contributed by atoms with Crippen LogP contribution in [0.5, 0.6) is 5.75 Å². The van der Waals surface area contributed by atoms with E-state index in [2.05, 4.69) is 0 Å². The van der Waals surface area contributed by atoms with Crippen molar-refractivity contribution in [3.05, 3.63) is 28.8 Å². The van der Waals surface area contributed by atoms with Crippen LogP contribution >= 0.6 is 0 Å². The molecule has 0 amide bonds. The maximum atomic E-state index is 9.95. The van der Waals surface area contributed by atoms with E-state index in [0.29, 0.717) is 0 Å². The molecule has 0 spiro atoms. The summed E-state index contributed by atoms with van der Waals surface area (Å²) in [7, 11) is 0. The van der Waals surface area contributed by atoms with Crippen molar-refractivity contribution in [1.82, 2.24) is 0 Å². The quantitative estimate of drug-likeness (QED) is 0.777. The molecule has 16 heavy (non-hydrogen) atoms. The Balaban J connectivity index is 3.83. The summed E-state index contributed by atoms with van der Waals surface area (Å²) < 4.78 is 64.9. The Bertz CT molecular complexity index is 610. The molecule has 1 aromatic carbocycles. The smallest absolute Gasteiger partial charge is 0.118 e. The van der Waals surface area contributed by atoms with E-state index in [9.17, 15) is 5.11 Å². The fourth-order valence-electron chi connectivity index (χ4n) is 1.33. The molecule has 1 N–H and O–H groups in total. The second-order valence-electron chi connectivity index (χ2n) is 3.44. The highest BCUT2D eigenvalue weighted by molar-refractivity contribution is 5.43. The molecule has 0 aromatic heterocycles. The number of phenolic OH excluding ortho intramolecular Hbond substituents is 1. The monoisotopic (exact) mass is 236 g/mol. The highest BCUT2D eigenvalue weighted by Gasteiger charge is 2.08. The normalized spacial score (nSPS) is 21.7. The third kappa shape index (κ3) is 3.26. The zero-order valence-corrected chi connectivity index (χ0v) is 10.0. The maximum Gasteiger partial charge on any atom is 0.118 e. The van der Waals surface area contributed by atoms with Gasteiger partial charge < -0.3 is 5.11 Å². The molecular formula is C15H24O. The van der Waals surface area contributed by atoms with Crippen molar-refractivity contribution >= 4 is 0 Å². The molecule has 0 aliphatic rings. The van der Waals surface area contributed by atoms with Crippen LogP contribution in [0, 0.1) is 6.92 Å². The minimum absolute atomic E-state index is 0.0191. The molecule has 0 saturated heterocycles. The van der Waals surface area contributed by atoms with Crippen molar-refractivity contribution in [2.24, 2.45) is 0 Å². The zero-order valence-electron chi connectivity index (χ0n) is 18.0. The Hall–Kier alpha value is -0.980. The lowest BCUT2D eigenvalue weighted by atomic mass is 9.93. The molecule has 0 unspecified atom stereocenters. The van der Waals surface area contributed by atoms with E-state index >= 15 is 0 Å². The van der Waals surface area contributed by atoms with Crippen LogP contribution in [-0.4, -0.2) is 5.11 Å². The lowest BCUT2D eigenvalue weighted by Crippen LogP contribution is -1.98. The van der Waals surface area contributed by atoms with Gasteiger partial charge in [-0.05, 0) is 55.2 Å². The van der Waals surface area contributed by atoms with Crippen molar-refractivity contribution in [2.45, 2.75) is 59.1 Å². The Morgan fingerprint density at radius 1 is 1.12 bits per heavy atom.